The second kappa shape index (κ2) is 9.66. The zero-order valence-corrected chi connectivity index (χ0v) is 19.7. The number of aromatic nitrogens is 3. The monoisotopic (exact) mass is 452 g/mol. The molecule has 1 atom stereocenters. The fraction of sp³-hybridized carbons (Fsp3) is 0.458. The molecule has 0 radical (unpaired) electrons. The van der Waals surface area contributed by atoms with Crippen molar-refractivity contribution in [2.45, 2.75) is 53.0 Å². The van der Waals surface area contributed by atoms with Crippen molar-refractivity contribution in [1.29, 1.82) is 0 Å². The Balaban J connectivity index is 1.90. The summed E-state index contributed by atoms with van der Waals surface area (Å²) in [6, 6.07) is 2.01. The van der Waals surface area contributed by atoms with Crippen LogP contribution in [0, 0.1) is 0 Å². The third-order valence-electron chi connectivity index (χ3n) is 6.25. The molecule has 2 bridgehead atoms. The molecule has 0 aromatic carbocycles. The molecule has 9 nitrogen and oxygen atoms in total. The summed E-state index contributed by atoms with van der Waals surface area (Å²) < 4.78 is 7.81. The molecule has 1 saturated heterocycles. The fourth-order valence-corrected chi connectivity index (χ4v) is 4.29. The van der Waals surface area contributed by atoms with Gasteiger partial charge in [-0.25, -0.2) is 15.0 Å². The Hall–Kier alpha value is -3.33. The Morgan fingerprint density at radius 1 is 1.36 bits per heavy atom. The minimum Gasteiger partial charge on any atom is -0.491 e. The van der Waals surface area contributed by atoms with Crippen molar-refractivity contribution in [2.75, 3.05) is 30.4 Å². The molecule has 1 fully saturated rings. The highest BCUT2D eigenvalue weighted by atomic mass is 16.7. The highest BCUT2D eigenvalue weighted by Crippen LogP contribution is 2.35. The number of amides is 1. The molecule has 0 aliphatic carbocycles. The van der Waals surface area contributed by atoms with Crippen LogP contribution in [0.1, 0.15) is 57.3 Å². The number of fused-ring (bicyclic) bond motifs is 3. The molecular weight excluding hydrogens is 420 g/mol. The predicted octanol–water partition coefficient (Wildman–Crippen LogP) is 3.55. The van der Waals surface area contributed by atoms with Crippen LogP contribution < -0.4 is 16.1 Å². The van der Waals surface area contributed by atoms with Crippen LogP contribution in [0.25, 0.3) is 5.65 Å². The van der Waals surface area contributed by atoms with Gasteiger partial charge in [-0.1, -0.05) is 24.6 Å². The quantitative estimate of drug-likeness (QED) is 0.717. The minimum atomic E-state index is -0.480. The van der Waals surface area contributed by atoms with Gasteiger partial charge in [-0.05, 0) is 51.7 Å². The molecule has 2 aromatic heterocycles. The Labute approximate surface area is 193 Å². The lowest BCUT2D eigenvalue weighted by atomic mass is 9.96. The van der Waals surface area contributed by atoms with E-state index in [2.05, 4.69) is 48.4 Å². The Kier molecular flexibility index (Phi) is 6.69. The first-order chi connectivity index (χ1) is 15.9. The third kappa shape index (κ3) is 4.45. The average molecular weight is 453 g/mol. The van der Waals surface area contributed by atoms with Gasteiger partial charge in [-0.15, -0.1) is 5.10 Å². The number of nitrogens with zero attached hydrogens (tertiary/aromatic N) is 4. The van der Waals surface area contributed by atoms with Crippen LogP contribution in [0.2, 0.25) is 0 Å². The highest BCUT2D eigenvalue weighted by Gasteiger charge is 2.33. The largest absolute Gasteiger partial charge is 0.491 e. The first-order valence-corrected chi connectivity index (χ1v) is 11.5. The van der Waals surface area contributed by atoms with Gasteiger partial charge < -0.3 is 15.4 Å². The van der Waals surface area contributed by atoms with Crippen LogP contribution in [0.3, 0.4) is 0 Å². The van der Waals surface area contributed by atoms with E-state index in [1.54, 1.807) is 6.20 Å². The van der Waals surface area contributed by atoms with Crippen LogP contribution >= 0.6 is 0 Å². The van der Waals surface area contributed by atoms with Crippen molar-refractivity contribution < 1.29 is 14.4 Å². The molecule has 1 amide bonds. The maximum absolute atomic E-state index is 12.8. The number of nitrogens with one attached hydrogen (secondary N) is 1. The number of anilines is 2. The first kappa shape index (κ1) is 22.8. The van der Waals surface area contributed by atoms with Crippen molar-refractivity contribution >= 4 is 23.2 Å². The summed E-state index contributed by atoms with van der Waals surface area (Å²) in [6.45, 7) is 9.71. The van der Waals surface area contributed by atoms with E-state index in [1.807, 2.05) is 13.0 Å². The number of hydrogen-bond donors (Lipinski definition) is 2. The molecule has 2 aromatic rings. The molecule has 0 saturated carbocycles. The van der Waals surface area contributed by atoms with E-state index in [0.29, 0.717) is 12.3 Å². The summed E-state index contributed by atoms with van der Waals surface area (Å²) in [5.74, 6) is 1.29. The van der Waals surface area contributed by atoms with E-state index < -0.39 is 5.91 Å². The third-order valence-corrected chi connectivity index (χ3v) is 6.25. The number of nitrogens with two attached hydrogens (primary N) is 1. The Morgan fingerprint density at radius 2 is 2.18 bits per heavy atom. The lowest BCUT2D eigenvalue weighted by Gasteiger charge is -2.30. The number of rotatable bonds is 2. The minimum absolute atomic E-state index is 0.0905. The second-order valence-corrected chi connectivity index (χ2v) is 8.39. The fourth-order valence-electron chi connectivity index (χ4n) is 4.29. The summed E-state index contributed by atoms with van der Waals surface area (Å²) >= 11 is 0. The summed E-state index contributed by atoms with van der Waals surface area (Å²) in [7, 11) is 0. The van der Waals surface area contributed by atoms with Gasteiger partial charge in [0.1, 0.15) is 30.4 Å². The number of ether oxygens (including phenoxy) is 1. The van der Waals surface area contributed by atoms with Crippen molar-refractivity contribution in [2.24, 2.45) is 0 Å². The summed E-state index contributed by atoms with van der Waals surface area (Å²) in [6.07, 6.45) is 8.98. The van der Waals surface area contributed by atoms with Crippen LogP contribution in [0.5, 0.6) is 0 Å². The van der Waals surface area contributed by atoms with Gasteiger partial charge >= 0.3 is 0 Å². The van der Waals surface area contributed by atoms with Gasteiger partial charge in [0.2, 0.25) is 0 Å². The van der Waals surface area contributed by atoms with Crippen molar-refractivity contribution in [3.8, 4) is 0 Å². The topological polar surface area (TPSA) is 107 Å². The van der Waals surface area contributed by atoms with Gasteiger partial charge in [0.05, 0.1) is 6.04 Å². The number of nitrogen functional groups attached to an aromatic ring is 1. The summed E-state index contributed by atoms with van der Waals surface area (Å²) in [5, 5.41) is 4.24. The van der Waals surface area contributed by atoms with Crippen LogP contribution in [-0.4, -0.2) is 46.3 Å². The normalized spacial score (nSPS) is 22.8. The van der Waals surface area contributed by atoms with Crippen LogP contribution in [-0.2, 0) is 9.57 Å². The van der Waals surface area contributed by atoms with Gasteiger partial charge in [-0.3, -0.25) is 9.63 Å². The molecule has 0 spiro atoms. The van der Waals surface area contributed by atoms with Gasteiger partial charge in [0.15, 0.2) is 11.5 Å². The number of carbonyl (C=O) groups is 1. The lowest BCUT2D eigenvalue weighted by Crippen LogP contribution is -2.34. The van der Waals surface area contributed by atoms with E-state index in [-0.39, 0.29) is 24.0 Å². The summed E-state index contributed by atoms with van der Waals surface area (Å²) in [5.41, 5.74) is 12.6. The molecule has 4 heterocycles. The molecule has 2 aliphatic heterocycles. The molecular formula is C24H32N6O3. The predicted molar refractivity (Wildman–Crippen MR) is 128 cm³/mol. The average Bonchev–Trinajstić information content (AvgIpc) is 3.42. The lowest BCUT2D eigenvalue weighted by molar-refractivity contribution is 0.0115. The number of allylic oxidation sites excluding steroid dienone is 4. The summed E-state index contributed by atoms with van der Waals surface area (Å²) in [4.78, 5) is 25.2. The van der Waals surface area contributed by atoms with Crippen molar-refractivity contribution in [3.05, 3.63) is 52.5 Å². The Bertz CT molecular complexity index is 1150. The molecule has 9 heteroatoms. The van der Waals surface area contributed by atoms with E-state index in [0.717, 1.165) is 43.0 Å². The van der Waals surface area contributed by atoms with Crippen molar-refractivity contribution in [1.82, 2.24) is 20.1 Å². The number of carbonyl (C=O) groups excluding carboxylic acids is 1. The van der Waals surface area contributed by atoms with E-state index in [1.165, 1.54) is 15.7 Å². The Morgan fingerprint density at radius 3 is 2.94 bits per heavy atom. The van der Waals surface area contributed by atoms with Crippen LogP contribution in [0.4, 0.5) is 11.6 Å². The standard InChI is InChI=1S/C24H32N6O3/c1-5-15(3)14-17-18-8-7-10-29(18)19-9-11-30-23(26-19)20(22(25)27-30)24(31)28-33-13-12-32-21(17)16(4)6-2/h5,9,11,14,18H,6-8,10,12-13H2,1-4H3,(H2,25,27)(H,28,31)/b15-5-,17-14-,21-16-. The first-order valence-electron chi connectivity index (χ1n) is 11.5. The second-order valence-electron chi connectivity index (χ2n) is 8.39. The van der Waals surface area contributed by atoms with Gasteiger partial charge in [0.25, 0.3) is 5.91 Å². The molecule has 33 heavy (non-hydrogen) atoms. The molecule has 176 valence electrons. The molecule has 3 N–H and O–H groups in total. The van der Waals surface area contributed by atoms with Gasteiger partial charge in [0, 0.05) is 18.3 Å². The molecule has 2 aliphatic rings. The van der Waals surface area contributed by atoms with Gasteiger partial charge in [-0.2, -0.15) is 0 Å². The molecule has 1 unspecified atom stereocenters. The van der Waals surface area contributed by atoms with E-state index in [4.69, 9.17) is 20.3 Å². The number of hydrogen-bond acceptors (Lipinski definition) is 7. The maximum atomic E-state index is 12.8. The maximum Gasteiger partial charge on any atom is 0.282 e. The zero-order chi connectivity index (χ0) is 23.5. The highest BCUT2D eigenvalue weighted by molar-refractivity contribution is 6.03. The van der Waals surface area contributed by atoms with Crippen LogP contribution in [0.15, 0.2) is 46.9 Å². The number of hydroxylamine groups is 1. The molecule has 4 rings (SSSR count). The van der Waals surface area contributed by atoms with E-state index >= 15 is 0 Å². The SMILES string of the molecule is C\C=C(C)/C=C1\C(=C(/C)CC)OCCONC(=O)c2c(N)nn3ccc(nc23)N2CCCC12. The van der Waals surface area contributed by atoms with E-state index in [9.17, 15) is 4.79 Å². The van der Waals surface area contributed by atoms with Crippen molar-refractivity contribution in [3.63, 3.8) is 0 Å². The zero-order valence-electron chi connectivity index (χ0n) is 19.7. The smallest absolute Gasteiger partial charge is 0.282 e.